The Morgan fingerprint density at radius 2 is 2.06 bits per heavy atom. The predicted molar refractivity (Wildman–Crippen MR) is 59.9 cm³/mol. The lowest BCUT2D eigenvalue weighted by molar-refractivity contribution is -0.385. The van der Waals surface area contributed by atoms with Crippen molar-refractivity contribution in [3.05, 3.63) is 52.3 Å². The Morgan fingerprint density at radius 1 is 1.33 bits per heavy atom. The van der Waals surface area contributed by atoms with Crippen LogP contribution < -0.4 is 4.74 Å². The van der Waals surface area contributed by atoms with Gasteiger partial charge in [0.05, 0.1) is 11.0 Å². The standard InChI is InChI=1S/C11H6N4O3/c12-7-8-2-3-9(6-10(8)15(16)17)18-11-13-4-1-5-14-11/h1-6H. The van der Waals surface area contributed by atoms with Crippen LogP contribution in [-0.2, 0) is 0 Å². The number of nitro benzene ring substituents is 1. The van der Waals surface area contributed by atoms with Crippen molar-refractivity contribution in [2.45, 2.75) is 0 Å². The van der Waals surface area contributed by atoms with E-state index in [1.54, 1.807) is 12.1 Å². The van der Waals surface area contributed by atoms with E-state index in [0.29, 0.717) is 0 Å². The molecule has 88 valence electrons. The minimum absolute atomic E-state index is 0.0265. The Labute approximate surface area is 101 Å². The molecule has 0 aliphatic heterocycles. The van der Waals surface area contributed by atoms with Crippen LogP contribution in [0.4, 0.5) is 5.69 Å². The van der Waals surface area contributed by atoms with Crippen LogP contribution in [0.25, 0.3) is 0 Å². The number of hydrogen-bond acceptors (Lipinski definition) is 6. The van der Waals surface area contributed by atoms with Crippen molar-refractivity contribution in [3.63, 3.8) is 0 Å². The van der Waals surface area contributed by atoms with Crippen LogP contribution >= 0.6 is 0 Å². The molecule has 0 aliphatic rings. The summed E-state index contributed by atoms with van der Waals surface area (Å²) in [5.74, 6) is 0.201. The molecule has 2 aromatic rings. The average Bonchev–Trinajstić information content (AvgIpc) is 2.40. The monoisotopic (exact) mass is 242 g/mol. The van der Waals surface area contributed by atoms with Gasteiger partial charge in [-0.1, -0.05) is 0 Å². The highest BCUT2D eigenvalue weighted by atomic mass is 16.6. The first-order valence-corrected chi connectivity index (χ1v) is 4.84. The second kappa shape index (κ2) is 4.88. The molecule has 0 spiro atoms. The van der Waals surface area contributed by atoms with Crippen molar-refractivity contribution in [2.75, 3.05) is 0 Å². The van der Waals surface area contributed by atoms with Crippen LogP contribution in [0.1, 0.15) is 5.56 Å². The molecule has 0 amide bonds. The summed E-state index contributed by atoms with van der Waals surface area (Å²) < 4.78 is 5.23. The van der Waals surface area contributed by atoms with Crippen molar-refractivity contribution in [3.8, 4) is 17.8 Å². The third kappa shape index (κ3) is 2.38. The fourth-order valence-corrected chi connectivity index (χ4v) is 1.26. The van der Waals surface area contributed by atoms with Crippen molar-refractivity contribution in [2.24, 2.45) is 0 Å². The fourth-order valence-electron chi connectivity index (χ4n) is 1.26. The van der Waals surface area contributed by atoms with Crippen LogP contribution in [0.5, 0.6) is 11.8 Å². The first-order valence-electron chi connectivity index (χ1n) is 4.84. The molecule has 0 saturated carbocycles. The van der Waals surface area contributed by atoms with E-state index in [9.17, 15) is 10.1 Å². The lowest BCUT2D eigenvalue weighted by atomic mass is 10.2. The van der Waals surface area contributed by atoms with Gasteiger partial charge in [0.2, 0.25) is 0 Å². The summed E-state index contributed by atoms with van der Waals surface area (Å²) in [5.41, 5.74) is -0.340. The highest BCUT2D eigenvalue weighted by Gasteiger charge is 2.15. The normalized spacial score (nSPS) is 9.50. The molecule has 0 N–H and O–H groups in total. The molecule has 18 heavy (non-hydrogen) atoms. The van der Waals surface area contributed by atoms with Gasteiger partial charge in [-0.3, -0.25) is 10.1 Å². The van der Waals surface area contributed by atoms with Crippen LogP contribution in [-0.4, -0.2) is 14.9 Å². The highest BCUT2D eigenvalue weighted by molar-refractivity contribution is 5.52. The molecule has 0 bridgehead atoms. The van der Waals surface area contributed by atoms with Crippen molar-refractivity contribution in [1.29, 1.82) is 5.26 Å². The maximum atomic E-state index is 10.8. The minimum atomic E-state index is -0.642. The molecule has 0 saturated heterocycles. The van der Waals surface area contributed by atoms with E-state index in [0.717, 1.165) is 6.07 Å². The summed E-state index contributed by atoms with van der Waals surface area (Å²) in [4.78, 5) is 17.8. The smallest absolute Gasteiger partial charge is 0.321 e. The van der Waals surface area contributed by atoms with E-state index in [4.69, 9.17) is 10.00 Å². The van der Waals surface area contributed by atoms with Gasteiger partial charge in [0.1, 0.15) is 17.4 Å². The van der Waals surface area contributed by atoms with E-state index in [1.807, 2.05) is 0 Å². The topological polar surface area (TPSA) is 102 Å². The zero-order valence-electron chi connectivity index (χ0n) is 8.98. The lowest BCUT2D eigenvalue weighted by Gasteiger charge is -2.03. The third-order valence-corrected chi connectivity index (χ3v) is 2.04. The maximum absolute atomic E-state index is 10.8. The molecule has 0 fully saturated rings. The first-order chi connectivity index (χ1) is 8.70. The van der Waals surface area contributed by atoms with Gasteiger partial charge in [0, 0.05) is 12.4 Å². The summed E-state index contributed by atoms with van der Waals surface area (Å²) in [6.07, 6.45) is 2.97. The highest BCUT2D eigenvalue weighted by Crippen LogP contribution is 2.26. The van der Waals surface area contributed by atoms with Gasteiger partial charge in [-0.25, -0.2) is 9.97 Å². The summed E-state index contributed by atoms with van der Waals surface area (Å²) in [6.45, 7) is 0. The van der Waals surface area contributed by atoms with E-state index in [-0.39, 0.29) is 23.0 Å². The number of aromatic nitrogens is 2. The van der Waals surface area contributed by atoms with E-state index < -0.39 is 4.92 Å². The lowest BCUT2D eigenvalue weighted by Crippen LogP contribution is -1.95. The third-order valence-electron chi connectivity index (χ3n) is 2.04. The summed E-state index contributed by atoms with van der Waals surface area (Å²) >= 11 is 0. The van der Waals surface area contributed by atoms with Crippen molar-refractivity contribution < 1.29 is 9.66 Å². The van der Waals surface area contributed by atoms with Crippen LogP contribution in [0, 0.1) is 21.4 Å². The summed E-state index contributed by atoms with van der Waals surface area (Å²) in [5, 5.41) is 19.5. The van der Waals surface area contributed by atoms with E-state index in [1.165, 1.54) is 24.5 Å². The van der Waals surface area contributed by atoms with Gasteiger partial charge in [-0.2, -0.15) is 5.26 Å². The molecule has 0 aliphatic carbocycles. The Kier molecular flexibility index (Phi) is 3.11. The molecule has 2 rings (SSSR count). The SMILES string of the molecule is N#Cc1ccc(Oc2ncccn2)cc1[N+](=O)[O-]. The van der Waals surface area contributed by atoms with Gasteiger partial charge in [-0.05, 0) is 18.2 Å². The number of nitrogens with zero attached hydrogens (tertiary/aromatic N) is 4. The largest absolute Gasteiger partial charge is 0.424 e. The number of benzene rings is 1. The second-order valence-electron chi connectivity index (χ2n) is 3.18. The van der Waals surface area contributed by atoms with Gasteiger partial charge >= 0.3 is 6.01 Å². The Bertz CT molecular complexity index is 622. The number of hydrogen-bond donors (Lipinski definition) is 0. The zero-order valence-corrected chi connectivity index (χ0v) is 8.98. The molecule has 0 atom stereocenters. The first kappa shape index (κ1) is 11.5. The second-order valence-corrected chi connectivity index (χ2v) is 3.18. The Balaban J connectivity index is 2.34. The zero-order chi connectivity index (χ0) is 13.0. The maximum Gasteiger partial charge on any atom is 0.321 e. The molecule has 7 heteroatoms. The van der Waals surface area contributed by atoms with Crippen LogP contribution in [0.2, 0.25) is 0 Å². The molecular weight excluding hydrogens is 236 g/mol. The molecule has 1 aromatic heterocycles. The summed E-state index contributed by atoms with van der Waals surface area (Å²) in [6, 6.07) is 7.36. The van der Waals surface area contributed by atoms with Crippen molar-refractivity contribution >= 4 is 5.69 Å². The average molecular weight is 242 g/mol. The minimum Gasteiger partial charge on any atom is -0.424 e. The summed E-state index contributed by atoms with van der Waals surface area (Å²) in [7, 11) is 0. The van der Waals surface area contributed by atoms with Crippen molar-refractivity contribution in [1.82, 2.24) is 9.97 Å². The molecule has 1 heterocycles. The fraction of sp³-hybridized carbons (Fsp3) is 0. The van der Waals surface area contributed by atoms with E-state index in [2.05, 4.69) is 9.97 Å². The Hall–Kier alpha value is -3.01. The van der Waals surface area contributed by atoms with Crippen LogP contribution in [0.15, 0.2) is 36.7 Å². The van der Waals surface area contributed by atoms with Gasteiger partial charge in [0.15, 0.2) is 0 Å². The quantitative estimate of drug-likeness (QED) is 0.602. The van der Waals surface area contributed by atoms with Gasteiger partial charge in [0.25, 0.3) is 5.69 Å². The number of ether oxygens (including phenoxy) is 1. The predicted octanol–water partition coefficient (Wildman–Crippen LogP) is 2.05. The van der Waals surface area contributed by atoms with E-state index >= 15 is 0 Å². The number of nitro groups is 1. The molecule has 7 nitrogen and oxygen atoms in total. The molecule has 1 aromatic carbocycles. The molecular formula is C11H6N4O3. The van der Waals surface area contributed by atoms with Gasteiger partial charge in [-0.15, -0.1) is 0 Å². The molecule has 0 radical (unpaired) electrons. The Morgan fingerprint density at radius 3 is 2.67 bits per heavy atom. The van der Waals surface area contributed by atoms with Crippen LogP contribution in [0.3, 0.4) is 0 Å². The molecule has 0 unspecified atom stereocenters. The number of nitriles is 1. The number of rotatable bonds is 3. The van der Waals surface area contributed by atoms with Gasteiger partial charge < -0.3 is 4.74 Å².